The highest BCUT2D eigenvalue weighted by atomic mass is 16.5. The lowest BCUT2D eigenvalue weighted by atomic mass is 9.90. The van der Waals surface area contributed by atoms with Crippen molar-refractivity contribution in [3.8, 4) is 0 Å². The Labute approximate surface area is 141 Å². The first kappa shape index (κ1) is 16.5. The molecule has 2 N–H and O–H groups in total. The zero-order valence-corrected chi connectivity index (χ0v) is 14.3. The van der Waals surface area contributed by atoms with Crippen LogP contribution in [0.25, 0.3) is 0 Å². The van der Waals surface area contributed by atoms with E-state index in [0.717, 1.165) is 16.9 Å². The number of ether oxygens (including phenoxy) is 1. The molecule has 1 aromatic heterocycles. The van der Waals surface area contributed by atoms with Crippen molar-refractivity contribution < 1.29 is 13.9 Å². The molecule has 5 heteroatoms. The molecular formula is C19H22N2O3. The van der Waals surface area contributed by atoms with Gasteiger partial charge in [0.25, 0.3) is 0 Å². The fourth-order valence-electron chi connectivity index (χ4n) is 3.09. The summed E-state index contributed by atoms with van der Waals surface area (Å²) in [5.74, 6) is 1.96. The maximum absolute atomic E-state index is 12.5. The second kappa shape index (κ2) is 6.24. The largest absolute Gasteiger partial charge is 0.466 e. The predicted molar refractivity (Wildman–Crippen MR) is 92.5 cm³/mol. The van der Waals surface area contributed by atoms with Crippen LogP contribution in [0.5, 0.6) is 0 Å². The molecule has 0 radical (unpaired) electrons. The molecule has 0 saturated carbocycles. The normalized spacial score (nSPS) is 20.7. The summed E-state index contributed by atoms with van der Waals surface area (Å²) in [6.07, 6.45) is 0.323. The Morgan fingerprint density at radius 1 is 1.33 bits per heavy atom. The maximum Gasteiger partial charge on any atom is 0.170 e. The van der Waals surface area contributed by atoms with E-state index in [2.05, 4.69) is 4.99 Å². The number of carbonyl (C=O) groups is 1. The van der Waals surface area contributed by atoms with Gasteiger partial charge in [-0.2, -0.15) is 0 Å². The van der Waals surface area contributed by atoms with Gasteiger partial charge in [-0.25, -0.2) is 0 Å². The third kappa shape index (κ3) is 3.26. The molecule has 0 bridgehead atoms. The van der Waals surface area contributed by atoms with E-state index >= 15 is 0 Å². The molecule has 2 aromatic rings. The second-order valence-electron chi connectivity index (χ2n) is 6.50. The summed E-state index contributed by atoms with van der Waals surface area (Å²) in [6.45, 7) is 6.49. The summed E-state index contributed by atoms with van der Waals surface area (Å²) in [7, 11) is 0. The van der Waals surface area contributed by atoms with Crippen LogP contribution in [0, 0.1) is 13.8 Å². The summed E-state index contributed by atoms with van der Waals surface area (Å²) >= 11 is 0. The Bertz CT molecular complexity index is 807. The first-order chi connectivity index (χ1) is 11.4. The van der Waals surface area contributed by atoms with Gasteiger partial charge in [0.15, 0.2) is 5.78 Å². The van der Waals surface area contributed by atoms with Crippen LogP contribution in [0.4, 0.5) is 0 Å². The first-order valence-corrected chi connectivity index (χ1v) is 7.99. The smallest absolute Gasteiger partial charge is 0.170 e. The monoisotopic (exact) mass is 326 g/mol. The number of furan rings is 1. The highest BCUT2D eigenvalue weighted by Crippen LogP contribution is 2.29. The molecule has 3 rings (SSSR count). The molecule has 24 heavy (non-hydrogen) atoms. The lowest BCUT2D eigenvalue weighted by Gasteiger charge is -2.30. The number of ketones is 1. The quantitative estimate of drug-likeness (QED) is 0.876. The third-order valence-corrected chi connectivity index (χ3v) is 4.28. The van der Waals surface area contributed by atoms with Gasteiger partial charge >= 0.3 is 0 Å². The van der Waals surface area contributed by atoms with Gasteiger partial charge in [-0.1, -0.05) is 24.3 Å². The van der Waals surface area contributed by atoms with Crippen molar-refractivity contribution in [2.24, 2.45) is 10.7 Å². The number of rotatable bonds is 4. The average Bonchev–Trinajstić information content (AvgIpc) is 2.86. The molecule has 126 valence electrons. The van der Waals surface area contributed by atoms with Crippen molar-refractivity contribution in [2.45, 2.75) is 32.7 Å². The van der Waals surface area contributed by atoms with Gasteiger partial charge in [0.1, 0.15) is 29.5 Å². The van der Waals surface area contributed by atoms with Crippen LogP contribution in [0.3, 0.4) is 0 Å². The minimum atomic E-state index is -0.510. The highest BCUT2D eigenvalue weighted by molar-refractivity contribution is 5.98. The predicted octanol–water partition coefficient (Wildman–Crippen LogP) is 2.92. The molecule has 0 spiro atoms. The first-order valence-electron chi connectivity index (χ1n) is 7.99. The third-order valence-electron chi connectivity index (χ3n) is 4.28. The second-order valence-corrected chi connectivity index (χ2v) is 6.50. The number of aliphatic imine (C=N–C) groups is 1. The van der Waals surface area contributed by atoms with Crippen molar-refractivity contribution >= 4 is 11.6 Å². The lowest BCUT2D eigenvalue weighted by molar-refractivity contribution is 0.0991. The molecular weight excluding hydrogens is 304 g/mol. The number of aryl methyl sites for hydroxylation is 2. The molecule has 1 unspecified atom stereocenters. The van der Waals surface area contributed by atoms with E-state index in [-0.39, 0.29) is 5.78 Å². The van der Waals surface area contributed by atoms with E-state index in [9.17, 15) is 4.79 Å². The van der Waals surface area contributed by atoms with E-state index in [1.807, 2.05) is 45.0 Å². The Kier molecular flexibility index (Phi) is 4.28. The molecule has 2 heterocycles. The fourth-order valence-corrected chi connectivity index (χ4v) is 3.09. The summed E-state index contributed by atoms with van der Waals surface area (Å²) in [4.78, 5) is 17.1. The summed E-state index contributed by atoms with van der Waals surface area (Å²) in [6, 6.07) is 9.68. The van der Waals surface area contributed by atoms with E-state index in [1.165, 1.54) is 0 Å². The summed E-state index contributed by atoms with van der Waals surface area (Å²) in [5, 5.41) is 0. The fraction of sp³-hybridized carbons (Fsp3) is 0.368. The van der Waals surface area contributed by atoms with E-state index < -0.39 is 5.54 Å². The van der Waals surface area contributed by atoms with Crippen LogP contribution in [0.2, 0.25) is 0 Å². The van der Waals surface area contributed by atoms with Crippen LogP contribution < -0.4 is 5.73 Å². The SMILES string of the molecule is Cc1cc(C(=O)Cc2cccc(C3(C)COCC(N)=N3)c2)c(C)o1. The van der Waals surface area contributed by atoms with Gasteiger partial charge in [-0.3, -0.25) is 9.79 Å². The molecule has 1 aliphatic heterocycles. The number of Topliss-reactive ketones (excluding diaryl/α,β-unsaturated/α-hetero) is 1. The van der Waals surface area contributed by atoms with Crippen LogP contribution in [-0.2, 0) is 16.7 Å². The standard InChI is InChI=1S/C19H22N2O3/c1-12-7-16(13(2)24-12)17(22)9-14-5-4-6-15(8-14)19(3)11-23-10-18(20)21-19/h4-8H,9-11H2,1-3H3,(H2,20,21). The van der Waals surface area contributed by atoms with E-state index in [4.69, 9.17) is 14.9 Å². The molecule has 1 aliphatic rings. The van der Waals surface area contributed by atoms with Crippen molar-refractivity contribution in [3.05, 3.63) is 58.5 Å². The zero-order chi connectivity index (χ0) is 17.3. The minimum Gasteiger partial charge on any atom is -0.466 e. The van der Waals surface area contributed by atoms with Gasteiger partial charge < -0.3 is 14.9 Å². The lowest BCUT2D eigenvalue weighted by Crippen LogP contribution is -2.37. The number of nitrogens with zero attached hydrogens (tertiary/aromatic N) is 1. The molecule has 0 saturated heterocycles. The molecule has 0 aliphatic carbocycles. The molecule has 1 aromatic carbocycles. The Hall–Kier alpha value is -2.40. The zero-order valence-electron chi connectivity index (χ0n) is 14.3. The molecule has 0 fully saturated rings. The molecule has 0 amide bonds. The Morgan fingerprint density at radius 2 is 2.12 bits per heavy atom. The van der Waals surface area contributed by atoms with Crippen LogP contribution in [0.15, 0.2) is 39.7 Å². The number of carbonyl (C=O) groups excluding carboxylic acids is 1. The molecule has 1 atom stereocenters. The number of benzene rings is 1. The van der Waals surface area contributed by atoms with Crippen LogP contribution in [0.1, 0.15) is 39.9 Å². The number of nitrogens with two attached hydrogens (primary N) is 1. The number of hydrogen-bond acceptors (Lipinski definition) is 5. The highest BCUT2D eigenvalue weighted by Gasteiger charge is 2.30. The van der Waals surface area contributed by atoms with E-state index in [0.29, 0.717) is 36.8 Å². The van der Waals surface area contributed by atoms with Crippen LogP contribution >= 0.6 is 0 Å². The van der Waals surface area contributed by atoms with Gasteiger partial charge in [-0.05, 0) is 38.0 Å². The van der Waals surface area contributed by atoms with E-state index in [1.54, 1.807) is 6.07 Å². The van der Waals surface area contributed by atoms with Crippen LogP contribution in [-0.4, -0.2) is 24.8 Å². The van der Waals surface area contributed by atoms with Crippen molar-refractivity contribution in [1.29, 1.82) is 0 Å². The van der Waals surface area contributed by atoms with Crippen molar-refractivity contribution in [3.63, 3.8) is 0 Å². The summed E-state index contributed by atoms with van der Waals surface area (Å²) < 4.78 is 11.0. The van der Waals surface area contributed by atoms with Crippen molar-refractivity contribution in [1.82, 2.24) is 0 Å². The van der Waals surface area contributed by atoms with Crippen molar-refractivity contribution in [2.75, 3.05) is 13.2 Å². The Morgan fingerprint density at radius 3 is 2.79 bits per heavy atom. The Balaban J connectivity index is 1.85. The van der Waals surface area contributed by atoms with Gasteiger partial charge in [0.2, 0.25) is 0 Å². The summed E-state index contributed by atoms with van der Waals surface area (Å²) in [5.41, 5.74) is 7.89. The average molecular weight is 326 g/mol. The molecule has 5 nitrogen and oxygen atoms in total. The number of amidine groups is 1. The number of hydrogen-bond donors (Lipinski definition) is 1. The maximum atomic E-state index is 12.5. The van der Waals surface area contributed by atoms with Gasteiger partial charge in [0.05, 0.1) is 12.2 Å². The van der Waals surface area contributed by atoms with Gasteiger partial charge in [-0.15, -0.1) is 0 Å². The topological polar surface area (TPSA) is 77.8 Å². The minimum absolute atomic E-state index is 0.0505. The van der Waals surface area contributed by atoms with Gasteiger partial charge in [0, 0.05) is 6.42 Å².